The van der Waals surface area contributed by atoms with Crippen molar-refractivity contribution in [1.29, 1.82) is 0 Å². The first-order chi connectivity index (χ1) is 9.31. The molecule has 1 atom stereocenters. The van der Waals surface area contributed by atoms with E-state index in [4.69, 9.17) is 5.73 Å². The fourth-order valence-corrected chi connectivity index (χ4v) is 2.62. The Labute approximate surface area is 127 Å². The van der Waals surface area contributed by atoms with Gasteiger partial charge in [-0.25, -0.2) is 0 Å². The van der Waals surface area contributed by atoms with Crippen LogP contribution in [0.1, 0.15) is 30.9 Å². The zero-order valence-electron chi connectivity index (χ0n) is 11.8. The molecule has 1 aromatic rings. The molecule has 4 nitrogen and oxygen atoms in total. The highest BCUT2D eigenvalue weighted by molar-refractivity contribution is 5.85. The van der Waals surface area contributed by atoms with E-state index >= 15 is 0 Å². The van der Waals surface area contributed by atoms with E-state index < -0.39 is 0 Å². The molecular weight excluding hydrogens is 274 g/mol. The topological polar surface area (TPSA) is 58.4 Å². The number of halogens is 1. The zero-order valence-corrected chi connectivity index (χ0v) is 12.6. The van der Waals surface area contributed by atoms with E-state index in [0.717, 1.165) is 13.1 Å². The number of nitrogens with zero attached hydrogens (tertiary/aromatic N) is 1. The number of amides is 1. The maximum atomic E-state index is 11.6. The van der Waals surface area contributed by atoms with Crippen LogP contribution in [0.4, 0.5) is 0 Å². The fourth-order valence-electron chi connectivity index (χ4n) is 2.62. The lowest BCUT2D eigenvalue weighted by atomic mass is 10.1. The molecule has 1 aromatic carbocycles. The largest absolute Gasteiger partial charge is 0.354 e. The number of hydrogen-bond donors (Lipinski definition) is 2. The summed E-state index contributed by atoms with van der Waals surface area (Å²) in [6.07, 6.45) is 2.90. The molecule has 2 rings (SSSR count). The molecule has 20 heavy (non-hydrogen) atoms. The minimum Gasteiger partial charge on any atom is -0.354 e. The van der Waals surface area contributed by atoms with Gasteiger partial charge in [0.15, 0.2) is 0 Å². The van der Waals surface area contributed by atoms with Crippen LogP contribution in [0.2, 0.25) is 0 Å². The van der Waals surface area contributed by atoms with E-state index in [0.29, 0.717) is 19.5 Å². The summed E-state index contributed by atoms with van der Waals surface area (Å²) in [5.41, 5.74) is 6.67. The van der Waals surface area contributed by atoms with Gasteiger partial charge in [-0.05, 0) is 31.5 Å². The summed E-state index contributed by atoms with van der Waals surface area (Å²) in [6, 6.07) is 10.7. The molecule has 1 heterocycles. The van der Waals surface area contributed by atoms with E-state index in [9.17, 15) is 4.79 Å². The highest BCUT2D eigenvalue weighted by Crippen LogP contribution is 2.24. The van der Waals surface area contributed by atoms with E-state index in [1.54, 1.807) is 0 Å². The lowest BCUT2D eigenvalue weighted by Crippen LogP contribution is -2.37. The van der Waals surface area contributed by atoms with Crippen LogP contribution >= 0.6 is 12.4 Å². The Morgan fingerprint density at radius 1 is 1.25 bits per heavy atom. The number of nitrogens with two attached hydrogens (primary N) is 1. The van der Waals surface area contributed by atoms with E-state index in [2.05, 4.69) is 34.5 Å². The van der Waals surface area contributed by atoms with Crippen LogP contribution in [0.5, 0.6) is 0 Å². The third-order valence-electron chi connectivity index (χ3n) is 3.63. The highest BCUT2D eigenvalue weighted by atomic mass is 35.5. The van der Waals surface area contributed by atoms with Crippen LogP contribution in [0.25, 0.3) is 0 Å². The van der Waals surface area contributed by atoms with Gasteiger partial charge in [0.25, 0.3) is 0 Å². The molecule has 0 spiro atoms. The van der Waals surface area contributed by atoms with Crippen LogP contribution in [0.15, 0.2) is 30.3 Å². The minimum absolute atomic E-state index is 0. The van der Waals surface area contributed by atoms with E-state index in [1.165, 1.54) is 18.4 Å². The molecule has 5 heteroatoms. The van der Waals surface area contributed by atoms with Gasteiger partial charge in [-0.15, -0.1) is 12.4 Å². The summed E-state index contributed by atoms with van der Waals surface area (Å²) in [4.78, 5) is 14.0. The molecular formula is C15H24ClN3O. The minimum atomic E-state index is 0. The number of nitrogens with one attached hydrogen (secondary N) is 1. The molecule has 3 N–H and O–H groups in total. The Bertz CT molecular complexity index is 393. The Morgan fingerprint density at radius 2 is 1.90 bits per heavy atom. The van der Waals surface area contributed by atoms with Gasteiger partial charge in [0.05, 0.1) is 6.04 Å². The Hall–Kier alpha value is -1.10. The fraction of sp³-hybridized carbons (Fsp3) is 0.533. The molecule has 0 bridgehead atoms. The maximum absolute atomic E-state index is 11.6. The molecule has 1 aliphatic rings. The molecule has 1 saturated heterocycles. The van der Waals surface area contributed by atoms with Crippen LogP contribution < -0.4 is 11.1 Å². The van der Waals surface area contributed by atoms with Crippen LogP contribution in [0.3, 0.4) is 0 Å². The van der Waals surface area contributed by atoms with Crippen molar-refractivity contribution in [2.75, 3.05) is 26.2 Å². The summed E-state index contributed by atoms with van der Waals surface area (Å²) in [6.45, 7) is 3.31. The van der Waals surface area contributed by atoms with Gasteiger partial charge < -0.3 is 11.1 Å². The summed E-state index contributed by atoms with van der Waals surface area (Å²) < 4.78 is 0. The highest BCUT2D eigenvalue weighted by Gasteiger charge is 2.23. The second kappa shape index (κ2) is 8.95. The summed E-state index contributed by atoms with van der Waals surface area (Å²) in [5, 5.41) is 3.00. The van der Waals surface area contributed by atoms with Crippen molar-refractivity contribution in [2.45, 2.75) is 25.3 Å². The van der Waals surface area contributed by atoms with Gasteiger partial charge in [-0.3, -0.25) is 9.69 Å². The lowest BCUT2D eigenvalue weighted by Gasteiger charge is -2.28. The van der Waals surface area contributed by atoms with E-state index in [1.807, 2.05) is 6.07 Å². The van der Waals surface area contributed by atoms with Crippen molar-refractivity contribution >= 4 is 18.3 Å². The van der Waals surface area contributed by atoms with Crippen LogP contribution in [0, 0.1) is 0 Å². The second-order valence-corrected chi connectivity index (χ2v) is 5.01. The third-order valence-corrected chi connectivity index (χ3v) is 3.63. The number of carbonyl (C=O) groups is 1. The molecule has 112 valence electrons. The van der Waals surface area contributed by atoms with Crippen molar-refractivity contribution in [2.24, 2.45) is 5.73 Å². The monoisotopic (exact) mass is 297 g/mol. The van der Waals surface area contributed by atoms with Crippen LogP contribution in [-0.2, 0) is 4.79 Å². The molecule has 1 amide bonds. The van der Waals surface area contributed by atoms with Crippen molar-refractivity contribution < 1.29 is 4.79 Å². The number of carbonyl (C=O) groups excluding carboxylic acids is 1. The number of rotatable bonds is 6. The predicted molar refractivity (Wildman–Crippen MR) is 83.9 cm³/mol. The standard InChI is InChI=1S/C15H23N3O.ClH/c16-9-8-15(19)17-12-14(18-10-4-5-11-18)13-6-2-1-3-7-13;/h1-3,6-7,14H,4-5,8-12,16H2,(H,17,19);1H. The molecule has 1 unspecified atom stereocenters. The first-order valence-electron chi connectivity index (χ1n) is 7.07. The molecule has 0 radical (unpaired) electrons. The molecule has 0 aromatic heterocycles. The summed E-state index contributed by atoms with van der Waals surface area (Å²) in [5.74, 6) is 0.0441. The molecule has 1 aliphatic heterocycles. The first-order valence-corrected chi connectivity index (χ1v) is 7.07. The van der Waals surface area contributed by atoms with Crippen molar-refractivity contribution in [3.63, 3.8) is 0 Å². The first kappa shape index (κ1) is 17.0. The number of likely N-dealkylation sites (tertiary alicyclic amines) is 1. The van der Waals surface area contributed by atoms with Gasteiger partial charge in [-0.1, -0.05) is 30.3 Å². The van der Waals surface area contributed by atoms with Crippen LogP contribution in [-0.4, -0.2) is 37.0 Å². The summed E-state index contributed by atoms with van der Waals surface area (Å²) in [7, 11) is 0. The van der Waals surface area contributed by atoms with Gasteiger partial charge in [0.1, 0.15) is 0 Å². The normalized spacial score (nSPS) is 16.4. The molecule has 1 fully saturated rings. The van der Waals surface area contributed by atoms with E-state index in [-0.39, 0.29) is 24.4 Å². The van der Waals surface area contributed by atoms with Gasteiger partial charge >= 0.3 is 0 Å². The zero-order chi connectivity index (χ0) is 13.5. The predicted octanol–water partition coefficient (Wildman–Crippen LogP) is 1.71. The number of benzene rings is 1. The average molecular weight is 298 g/mol. The second-order valence-electron chi connectivity index (χ2n) is 5.01. The number of hydrogen-bond acceptors (Lipinski definition) is 3. The summed E-state index contributed by atoms with van der Waals surface area (Å²) >= 11 is 0. The Balaban J connectivity index is 0.00000200. The Kier molecular flexibility index (Phi) is 7.59. The SMILES string of the molecule is Cl.NCCC(=O)NCC(c1ccccc1)N1CCCC1. The average Bonchev–Trinajstić information content (AvgIpc) is 2.94. The van der Waals surface area contributed by atoms with Gasteiger partial charge in [0.2, 0.25) is 5.91 Å². The molecule has 0 saturated carbocycles. The third kappa shape index (κ3) is 4.78. The van der Waals surface area contributed by atoms with Crippen molar-refractivity contribution in [1.82, 2.24) is 10.2 Å². The van der Waals surface area contributed by atoms with Crippen molar-refractivity contribution in [3.05, 3.63) is 35.9 Å². The smallest absolute Gasteiger partial charge is 0.221 e. The Morgan fingerprint density at radius 3 is 2.50 bits per heavy atom. The quantitative estimate of drug-likeness (QED) is 0.840. The maximum Gasteiger partial charge on any atom is 0.221 e. The lowest BCUT2D eigenvalue weighted by molar-refractivity contribution is -0.121. The van der Waals surface area contributed by atoms with Gasteiger partial charge in [0, 0.05) is 19.5 Å². The molecule has 0 aliphatic carbocycles. The van der Waals surface area contributed by atoms with Crippen molar-refractivity contribution in [3.8, 4) is 0 Å². The van der Waals surface area contributed by atoms with Gasteiger partial charge in [-0.2, -0.15) is 0 Å².